The number of piperidine rings is 2. The van der Waals surface area contributed by atoms with Crippen LogP contribution in [0.25, 0.3) is 33.3 Å². The van der Waals surface area contributed by atoms with Gasteiger partial charge in [0.1, 0.15) is 5.82 Å². The second-order valence-electron chi connectivity index (χ2n) is 8.41. The van der Waals surface area contributed by atoms with Crippen molar-refractivity contribution in [3.63, 3.8) is 0 Å². The topological polar surface area (TPSA) is 107 Å². The molecule has 8 heteroatoms. The largest absolute Gasteiger partial charge is 0.366 e. The molecule has 30 heavy (non-hydrogen) atoms. The van der Waals surface area contributed by atoms with Gasteiger partial charge in [-0.05, 0) is 49.4 Å². The Balaban J connectivity index is 1.25. The van der Waals surface area contributed by atoms with Gasteiger partial charge in [-0.15, -0.1) is 10.2 Å². The van der Waals surface area contributed by atoms with Crippen LogP contribution >= 0.6 is 0 Å². The summed E-state index contributed by atoms with van der Waals surface area (Å²) in [4.78, 5) is 0. The Bertz CT molecular complexity index is 1140. The third-order valence-corrected chi connectivity index (χ3v) is 6.43. The van der Waals surface area contributed by atoms with Gasteiger partial charge in [0.25, 0.3) is 0 Å². The van der Waals surface area contributed by atoms with E-state index >= 15 is 0 Å². The summed E-state index contributed by atoms with van der Waals surface area (Å²) >= 11 is 0. The molecule has 8 nitrogen and oxygen atoms in total. The molecule has 2 fully saturated rings. The predicted octanol–water partition coefficient (Wildman–Crippen LogP) is 3.50. The highest BCUT2D eigenvalue weighted by atomic mass is 15.2. The van der Waals surface area contributed by atoms with Gasteiger partial charge < -0.3 is 10.6 Å². The zero-order valence-corrected chi connectivity index (χ0v) is 16.6. The van der Waals surface area contributed by atoms with Crippen LogP contribution in [-0.4, -0.2) is 48.7 Å². The van der Waals surface area contributed by atoms with Gasteiger partial charge in [-0.3, -0.25) is 10.2 Å². The number of fused-ring (bicyclic) bond motifs is 3. The second kappa shape index (κ2) is 7.21. The Morgan fingerprint density at radius 3 is 2.53 bits per heavy atom. The van der Waals surface area contributed by atoms with Crippen LogP contribution in [0.5, 0.6) is 0 Å². The standard InChI is InChI=1S/C22H24N8/c1-2-14-8-16(9-15(3-1)26-14)27-21-7-6-20(28-29-21)18-5-4-17(13-10-23-24-11-13)19-12-25-30-22(18)19/h4-7,10-12,14-16,26H,1-3,8-9H2,(H,23,24)(H,25,30)(H,27,29)/t14-,15+,16?. The summed E-state index contributed by atoms with van der Waals surface area (Å²) in [7, 11) is 0. The predicted molar refractivity (Wildman–Crippen MR) is 116 cm³/mol. The van der Waals surface area contributed by atoms with Gasteiger partial charge in [-0.2, -0.15) is 10.2 Å². The van der Waals surface area contributed by atoms with Crippen molar-refractivity contribution in [1.82, 2.24) is 35.9 Å². The minimum Gasteiger partial charge on any atom is -0.366 e. The smallest absolute Gasteiger partial charge is 0.148 e. The molecular formula is C22H24N8. The number of aromatic amines is 2. The van der Waals surface area contributed by atoms with E-state index in [1.807, 2.05) is 30.7 Å². The van der Waals surface area contributed by atoms with Crippen LogP contribution in [0.15, 0.2) is 42.9 Å². The van der Waals surface area contributed by atoms with Crippen LogP contribution in [-0.2, 0) is 0 Å². The van der Waals surface area contributed by atoms with Crippen LogP contribution in [0.4, 0.5) is 5.82 Å². The molecule has 3 aromatic heterocycles. The third kappa shape index (κ3) is 3.13. The van der Waals surface area contributed by atoms with Crippen LogP contribution in [0.2, 0.25) is 0 Å². The Hall–Kier alpha value is -3.26. The summed E-state index contributed by atoms with van der Waals surface area (Å²) < 4.78 is 0. The highest BCUT2D eigenvalue weighted by Crippen LogP contribution is 2.33. The van der Waals surface area contributed by atoms with Crippen molar-refractivity contribution < 1.29 is 0 Å². The number of nitrogens with one attached hydrogen (secondary N) is 4. The summed E-state index contributed by atoms with van der Waals surface area (Å²) in [5.74, 6) is 0.847. The Kier molecular flexibility index (Phi) is 4.23. The maximum Gasteiger partial charge on any atom is 0.148 e. The van der Waals surface area contributed by atoms with Gasteiger partial charge in [0.15, 0.2) is 0 Å². The number of H-pyrrole nitrogens is 2. The lowest BCUT2D eigenvalue weighted by atomic mass is 9.84. The summed E-state index contributed by atoms with van der Waals surface area (Å²) in [6.45, 7) is 0. The van der Waals surface area contributed by atoms with E-state index in [9.17, 15) is 0 Å². The van der Waals surface area contributed by atoms with E-state index in [1.165, 1.54) is 19.3 Å². The van der Waals surface area contributed by atoms with Gasteiger partial charge in [-0.25, -0.2) is 0 Å². The van der Waals surface area contributed by atoms with E-state index < -0.39 is 0 Å². The minimum absolute atomic E-state index is 0.468. The SMILES string of the molecule is c1n[nH]cc1-c1ccc(-c2ccc(NC3C[C@H]4CCC[C@@H](C3)N4)nn2)c2[nH]ncc12. The Morgan fingerprint density at radius 1 is 0.900 bits per heavy atom. The van der Waals surface area contributed by atoms with Crippen molar-refractivity contribution >= 4 is 16.7 Å². The van der Waals surface area contributed by atoms with E-state index in [0.29, 0.717) is 18.1 Å². The molecule has 1 unspecified atom stereocenters. The van der Waals surface area contributed by atoms with Crippen molar-refractivity contribution in [3.8, 4) is 22.4 Å². The molecule has 2 aliphatic rings. The van der Waals surface area contributed by atoms with Crippen LogP contribution in [0, 0.1) is 0 Å². The van der Waals surface area contributed by atoms with E-state index in [-0.39, 0.29) is 0 Å². The number of hydrogen-bond acceptors (Lipinski definition) is 6. The molecular weight excluding hydrogens is 376 g/mol. The second-order valence-corrected chi connectivity index (χ2v) is 8.41. The molecule has 4 N–H and O–H groups in total. The van der Waals surface area contributed by atoms with Crippen molar-refractivity contribution in [2.24, 2.45) is 0 Å². The molecule has 0 saturated carbocycles. The van der Waals surface area contributed by atoms with Gasteiger partial charge in [-0.1, -0.05) is 12.5 Å². The van der Waals surface area contributed by atoms with Crippen LogP contribution in [0.3, 0.4) is 0 Å². The van der Waals surface area contributed by atoms with E-state index in [1.54, 1.807) is 0 Å². The lowest BCUT2D eigenvalue weighted by Gasteiger charge is -2.40. The number of nitrogens with zero attached hydrogens (tertiary/aromatic N) is 4. The maximum absolute atomic E-state index is 4.51. The van der Waals surface area contributed by atoms with Crippen LogP contribution < -0.4 is 10.6 Å². The summed E-state index contributed by atoms with van der Waals surface area (Å²) in [5.41, 5.74) is 4.89. The average Bonchev–Trinajstić information content (AvgIpc) is 3.46. The molecule has 0 amide bonds. The number of rotatable bonds is 4. The molecule has 0 aliphatic carbocycles. The molecule has 3 atom stereocenters. The number of hydrogen-bond donors (Lipinski definition) is 4. The number of aromatic nitrogens is 6. The summed E-state index contributed by atoms with van der Waals surface area (Å²) in [6.07, 6.45) is 11.8. The van der Waals surface area contributed by atoms with Gasteiger partial charge in [0, 0.05) is 40.8 Å². The molecule has 4 aromatic rings. The number of benzene rings is 1. The van der Waals surface area contributed by atoms with Gasteiger partial charge in [0.2, 0.25) is 0 Å². The average molecular weight is 400 g/mol. The normalized spacial score (nSPS) is 23.5. The van der Waals surface area contributed by atoms with Crippen molar-refractivity contribution in [3.05, 3.63) is 42.9 Å². The zero-order valence-electron chi connectivity index (χ0n) is 16.6. The first kappa shape index (κ1) is 17.6. The monoisotopic (exact) mass is 400 g/mol. The first-order valence-corrected chi connectivity index (χ1v) is 10.7. The molecule has 0 spiro atoms. The quantitative estimate of drug-likeness (QED) is 0.418. The summed E-state index contributed by atoms with van der Waals surface area (Å²) in [6, 6.07) is 9.97. The molecule has 152 valence electrons. The first-order chi connectivity index (χ1) is 14.8. The Morgan fingerprint density at radius 2 is 1.77 bits per heavy atom. The molecule has 1 aromatic carbocycles. The fraction of sp³-hybridized carbons (Fsp3) is 0.364. The van der Waals surface area contributed by atoms with Gasteiger partial charge >= 0.3 is 0 Å². The molecule has 2 aliphatic heterocycles. The highest BCUT2D eigenvalue weighted by Gasteiger charge is 2.31. The zero-order chi connectivity index (χ0) is 19.9. The highest BCUT2D eigenvalue weighted by molar-refractivity contribution is 6.01. The minimum atomic E-state index is 0.468. The van der Waals surface area contributed by atoms with E-state index in [2.05, 4.69) is 53.4 Å². The molecule has 6 rings (SSSR count). The van der Waals surface area contributed by atoms with E-state index in [0.717, 1.165) is 51.9 Å². The van der Waals surface area contributed by atoms with Crippen molar-refractivity contribution in [1.29, 1.82) is 0 Å². The van der Waals surface area contributed by atoms with E-state index in [4.69, 9.17) is 0 Å². The fourth-order valence-corrected chi connectivity index (χ4v) is 5.04. The summed E-state index contributed by atoms with van der Waals surface area (Å²) in [5, 5.41) is 31.7. The molecule has 5 heterocycles. The fourth-order valence-electron chi connectivity index (χ4n) is 5.04. The number of anilines is 1. The van der Waals surface area contributed by atoms with Crippen molar-refractivity contribution in [2.75, 3.05) is 5.32 Å². The lowest BCUT2D eigenvalue weighted by molar-refractivity contribution is 0.230. The lowest BCUT2D eigenvalue weighted by Crippen LogP contribution is -2.52. The maximum atomic E-state index is 4.51. The van der Waals surface area contributed by atoms with Gasteiger partial charge in [0.05, 0.1) is 23.6 Å². The Labute approximate surface area is 173 Å². The van der Waals surface area contributed by atoms with Crippen LogP contribution in [0.1, 0.15) is 32.1 Å². The third-order valence-electron chi connectivity index (χ3n) is 6.43. The molecule has 0 radical (unpaired) electrons. The molecule has 2 saturated heterocycles. The molecule has 2 bridgehead atoms. The first-order valence-electron chi connectivity index (χ1n) is 10.7. The van der Waals surface area contributed by atoms with Crippen molar-refractivity contribution in [2.45, 2.75) is 50.2 Å².